The number of nitrogens with one attached hydrogen (secondary N) is 2. The van der Waals surface area contributed by atoms with E-state index in [2.05, 4.69) is 28.2 Å². The van der Waals surface area contributed by atoms with Crippen molar-refractivity contribution in [3.05, 3.63) is 115 Å². The summed E-state index contributed by atoms with van der Waals surface area (Å²) < 4.78 is 152. The predicted molar refractivity (Wildman–Crippen MR) is 312 cm³/mol. The topological polar surface area (TPSA) is 435 Å². The SMILES string of the molecule is COC[C@@]12CCOC([C@H](C)O1)[C@@H]2OP(=O)(O)OC.COC[C@@]12COC([C@H](n3ccc(=O)[nH]c3=O)O1)[C@H]2NP(=O)(O)OC.COC[C@@]12COC([C@H](n3ccc4ccccc4c3=O)O1)[C@H]2OP(=O)(O)OC.COC[C@@]12COC([C@H](n3ccccc3=O)O1)[C@H]2OP(=O)(O)OC. The first kappa shape index (κ1) is 72.3. The maximum absolute atomic E-state index is 12.9. The van der Waals surface area contributed by atoms with E-state index < -0.39 is 126 Å². The molecular formula is C52H75N5O31P4. The molecule has 514 valence electrons. The molecule has 4 aromatic rings. The summed E-state index contributed by atoms with van der Waals surface area (Å²) >= 11 is 0. The monoisotopic (exact) mass is 1390 g/mol. The second kappa shape index (κ2) is 29.0. The third-order valence-corrected chi connectivity index (χ3v) is 20.4. The van der Waals surface area contributed by atoms with E-state index >= 15 is 0 Å². The molecule has 0 radical (unpaired) electrons. The standard InChI is InChI=1S/C17H20NO8P.C13H18NO8P.C12H18N3O8P.C10H19O7P/c1-22-9-17-10-24-13(14(17)26-27(20,21)23-2)16(25-17)18-8-7-11-5-3-4-6-12(11)15(18)19;1-18-7-13-8-20-10(11(13)22-23(16,17)19-2)12(21-13)14-6-4-3-5-9(14)15;1-20-5-12-6-22-8(9(12)14-24(18,19)21-2)10(23-12)15-4-3-7(16)13-11(15)17;1-7-8-9(17-18(11,12)14-3)10(16-7,6-13-2)4-5-15-8/h3-8,13-14,16H,9-10H2,1-2H3,(H,20,21);3-6,10-12H,7-8H2,1-2H3,(H,16,17);3-4,8-10H,5-6H2,1-2H3,(H,13,16,17)(H2,14,18,19);7-9H,4-6H2,1-3H3,(H,11,12)/t13?,14-,16-,17+;10?,11-,12-,13+;8?,9-,10-,12+;7-,8?,9-,10+/m1110/s1. The number of phosphoric ester groups is 3. The third kappa shape index (κ3) is 14.8. The van der Waals surface area contributed by atoms with Gasteiger partial charge in [-0.2, -0.15) is 0 Å². The summed E-state index contributed by atoms with van der Waals surface area (Å²) in [4.78, 5) is 88.9. The Balaban J connectivity index is 0.000000146. The van der Waals surface area contributed by atoms with Gasteiger partial charge in [-0.3, -0.25) is 60.2 Å². The molecular weight excluding hydrogens is 1310 g/mol. The van der Waals surface area contributed by atoms with E-state index in [4.69, 9.17) is 70.4 Å². The smallest absolute Gasteiger partial charge is 0.382 e. The van der Waals surface area contributed by atoms with Crippen molar-refractivity contribution in [1.29, 1.82) is 0 Å². The normalized spacial score (nSPS) is 35.6. The van der Waals surface area contributed by atoms with E-state index in [1.54, 1.807) is 49.8 Å². The number of nitrogens with zero attached hydrogens (tertiary/aromatic N) is 3. The van der Waals surface area contributed by atoms with E-state index in [0.717, 1.165) is 38.4 Å². The molecule has 3 aromatic heterocycles. The molecule has 1 aromatic carbocycles. The molecule has 0 amide bonds. The van der Waals surface area contributed by atoms with Gasteiger partial charge in [0.05, 0.1) is 65.0 Å². The molecule has 8 fully saturated rings. The first-order chi connectivity index (χ1) is 43.6. The molecule has 8 saturated heterocycles. The lowest BCUT2D eigenvalue weighted by atomic mass is 9.90. The van der Waals surface area contributed by atoms with Crippen LogP contribution in [0.2, 0.25) is 0 Å². The Bertz CT molecular complexity index is 3670. The molecule has 40 heteroatoms. The highest BCUT2D eigenvalue weighted by Gasteiger charge is 2.67. The average molecular weight is 1390 g/mol. The molecule has 36 nitrogen and oxygen atoms in total. The summed E-state index contributed by atoms with van der Waals surface area (Å²) in [5.74, 6) is 0. The van der Waals surface area contributed by atoms with Crippen LogP contribution >= 0.6 is 31.2 Å². The number of H-pyrrole nitrogens is 1. The van der Waals surface area contributed by atoms with Gasteiger partial charge in [-0.1, -0.05) is 24.3 Å². The number of fused-ring (bicyclic) bond motifs is 9. The van der Waals surface area contributed by atoms with Crippen molar-refractivity contribution in [2.45, 2.75) is 109 Å². The Morgan fingerprint density at radius 2 is 1.01 bits per heavy atom. The summed E-state index contributed by atoms with van der Waals surface area (Å²) in [6.07, 6.45) is -2.86. The fraction of sp³-hybridized carbons (Fsp3) is 0.654. The van der Waals surface area contributed by atoms with Crippen LogP contribution in [0.5, 0.6) is 0 Å². The van der Waals surface area contributed by atoms with Gasteiger partial charge in [0.2, 0.25) is 0 Å². The van der Waals surface area contributed by atoms with Gasteiger partial charge in [0.1, 0.15) is 65.1 Å². The van der Waals surface area contributed by atoms with Gasteiger partial charge in [0.15, 0.2) is 18.7 Å². The summed E-state index contributed by atoms with van der Waals surface area (Å²) in [5, 5.41) is 3.84. The molecule has 8 unspecified atom stereocenters. The molecule has 12 rings (SSSR count). The van der Waals surface area contributed by atoms with Crippen LogP contribution in [0.25, 0.3) is 10.8 Å². The highest BCUT2D eigenvalue weighted by atomic mass is 31.2. The highest BCUT2D eigenvalue weighted by molar-refractivity contribution is 7.50. The summed E-state index contributed by atoms with van der Waals surface area (Å²) in [6.45, 7) is 3.20. The molecule has 0 aliphatic carbocycles. The van der Waals surface area contributed by atoms with Crippen LogP contribution in [0.4, 0.5) is 0 Å². The lowest BCUT2D eigenvalue weighted by Gasteiger charge is -2.38. The lowest BCUT2D eigenvalue weighted by Crippen LogP contribution is -2.52. The third-order valence-electron chi connectivity index (χ3n) is 16.4. The van der Waals surface area contributed by atoms with Crippen molar-refractivity contribution in [2.75, 3.05) is 110 Å². The maximum atomic E-state index is 12.9. The number of ether oxygens (including phenoxy) is 12. The molecule has 8 aliphatic rings. The van der Waals surface area contributed by atoms with E-state index in [1.165, 1.54) is 48.8 Å². The number of aromatic amines is 1. The van der Waals surface area contributed by atoms with Crippen molar-refractivity contribution in [1.82, 2.24) is 23.8 Å². The Morgan fingerprint density at radius 1 is 0.533 bits per heavy atom. The summed E-state index contributed by atoms with van der Waals surface area (Å²) in [7, 11) is -6.38. The van der Waals surface area contributed by atoms with Crippen LogP contribution in [-0.2, 0) is 107 Å². The van der Waals surface area contributed by atoms with Gasteiger partial charge in [-0.05, 0) is 30.5 Å². The Hall–Kier alpha value is -3.98. The van der Waals surface area contributed by atoms with Crippen LogP contribution in [-0.4, -0.2) is 225 Å². The van der Waals surface area contributed by atoms with E-state index in [9.17, 15) is 57.0 Å². The average Bonchev–Trinajstić information content (AvgIpc) is 1.59. The van der Waals surface area contributed by atoms with Crippen LogP contribution < -0.4 is 27.5 Å². The van der Waals surface area contributed by atoms with E-state index in [-0.39, 0.29) is 69.6 Å². The van der Waals surface area contributed by atoms with Gasteiger partial charge >= 0.3 is 36.9 Å². The minimum Gasteiger partial charge on any atom is -0.382 e. The zero-order chi connectivity index (χ0) is 66.8. The van der Waals surface area contributed by atoms with Crippen LogP contribution in [0.1, 0.15) is 32.0 Å². The maximum Gasteiger partial charge on any atom is 0.472 e. The lowest BCUT2D eigenvalue weighted by molar-refractivity contribution is -0.190. The van der Waals surface area contributed by atoms with Crippen molar-refractivity contribution in [2.24, 2.45) is 0 Å². The fourth-order valence-electron chi connectivity index (χ4n) is 12.3. The first-order valence-electron chi connectivity index (χ1n) is 28.2. The molecule has 0 saturated carbocycles. The number of hydrogen-bond acceptors (Lipinski definition) is 27. The van der Waals surface area contributed by atoms with Crippen LogP contribution in [0.3, 0.4) is 0 Å². The van der Waals surface area contributed by atoms with Crippen molar-refractivity contribution in [3.8, 4) is 0 Å². The largest absolute Gasteiger partial charge is 0.472 e. The Labute approximate surface area is 524 Å². The van der Waals surface area contributed by atoms with Crippen LogP contribution in [0, 0.1) is 0 Å². The number of benzene rings is 1. The molecule has 11 heterocycles. The Kier molecular flexibility index (Phi) is 22.8. The minimum atomic E-state index is -4.30. The number of methoxy groups -OCH3 is 4. The van der Waals surface area contributed by atoms with Gasteiger partial charge < -0.3 is 80.9 Å². The number of hydrogen-bond donors (Lipinski definition) is 6. The predicted octanol–water partition coefficient (Wildman–Crippen LogP) is 1.01. The van der Waals surface area contributed by atoms with Gasteiger partial charge in [-0.25, -0.2) is 28.1 Å². The van der Waals surface area contributed by atoms with Crippen molar-refractivity contribution in [3.63, 3.8) is 0 Å². The summed E-state index contributed by atoms with van der Waals surface area (Å²) in [5.41, 5.74) is -5.76. The quantitative estimate of drug-likeness (QED) is 0.0564. The zero-order valence-electron chi connectivity index (χ0n) is 51.2. The van der Waals surface area contributed by atoms with Crippen LogP contribution in [0.15, 0.2) is 92.4 Å². The molecule has 20 atom stereocenters. The van der Waals surface area contributed by atoms with Gasteiger partial charge in [-0.15, -0.1) is 0 Å². The molecule has 8 bridgehead atoms. The molecule has 0 spiro atoms. The fourth-order valence-corrected chi connectivity index (χ4v) is 15.2. The minimum absolute atomic E-state index is 0.0662. The molecule has 6 N–H and O–H groups in total. The van der Waals surface area contributed by atoms with E-state index in [0.29, 0.717) is 18.4 Å². The molecule has 92 heavy (non-hydrogen) atoms. The summed E-state index contributed by atoms with van der Waals surface area (Å²) in [6, 6.07) is 14.1. The second-order valence-corrected chi connectivity index (χ2v) is 28.4. The number of aromatic nitrogens is 4. The molecule has 8 aliphatic heterocycles. The second-order valence-electron chi connectivity index (χ2n) is 22.2. The zero-order valence-corrected chi connectivity index (χ0v) is 54.7. The van der Waals surface area contributed by atoms with Gasteiger partial charge in [0, 0.05) is 99.4 Å². The number of phosphoric acid groups is 3. The highest BCUT2D eigenvalue weighted by Crippen LogP contribution is 2.57. The Morgan fingerprint density at radius 3 is 1.55 bits per heavy atom. The van der Waals surface area contributed by atoms with E-state index in [1.807, 2.05) is 19.1 Å². The van der Waals surface area contributed by atoms with Crippen molar-refractivity contribution >= 4 is 42.0 Å². The van der Waals surface area contributed by atoms with Crippen molar-refractivity contribution < 1.29 is 126 Å². The number of pyridine rings is 2. The number of rotatable bonds is 23. The first-order valence-corrected chi connectivity index (χ1v) is 34.2. The van der Waals surface area contributed by atoms with Gasteiger partial charge in [0.25, 0.3) is 16.7 Å².